The number of anilines is 2. The normalized spacial score (nSPS) is 13.2. The van der Waals surface area contributed by atoms with Crippen molar-refractivity contribution in [1.82, 2.24) is 4.98 Å². The smallest absolute Gasteiger partial charge is 0.240 e. The van der Waals surface area contributed by atoms with Crippen molar-refractivity contribution in [3.05, 3.63) is 78.5 Å². The summed E-state index contributed by atoms with van der Waals surface area (Å²) in [7, 11) is 1.56. The number of aromatic nitrogens is 1. The molecular weight excluding hydrogens is 624 g/mol. The Bertz CT molecular complexity index is 1700. The van der Waals surface area contributed by atoms with Gasteiger partial charge in [0.1, 0.15) is 17.0 Å². The molecule has 11 heteroatoms. The zero-order valence-electron chi connectivity index (χ0n) is 26.3. The van der Waals surface area contributed by atoms with E-state index in [-0.39, 0.29) is 11.4 Å². The number of halogens is 2. The Hall–Kier alpha value is -4.38. The zero-order chi connectivity index (χ0) is 33.2. The molecule has 1 saturated carbocycles. The lowest BCUT2D eigenvalue weighted by Crippen LogP contribution is -2.35. The van der Waals surface area contributed by atoms with Gasteiger partial charge in [0.2, 0.25) is 11.8 Å². The number of ether oxygens (including phenoxy) is 3. The van der Waals surface area contributed by atoms with Crippen LogP contribution in [-0.2, 0) is 9.59 Å². The molecule has 47 heavy (non-hydrogen) atoms. The average Bonchev–Trinajstić information content (AvgIpc) is 3.89. The number of thiol groups is 1. The van der Waals surface area contributed by atoms with E-state index >= 15 is 4.39 Å². The second-order valence-corrected chi connectivity index (χ2v) is 12.1. The van der Waals surface area contributed by atoms with Gasteiger partial charge in [0.25, 0.3) is 0 Å². The highest BCUT2D eigenvalue weighted by Crippen LogP contribution is 2.47. The van der Waals surface area contributed by atoms with Crippen LogP contribution in [0.2, 0.25) is 0 Å². The third-order valence-corrected chi connectivity index (χ3v) is 8.49. The van der Waals surface area contributed by atoms with Gasteiger partial charge in [-0.2, -0.15) is 12.6 Å². The Morgan fingerprint density at radius 2 is 1.45 bits per heavy atom. The number of carbonyl (C=O) groups excluding carboxylic acids is 2. The summed E-state index contributed by atoms with van der Waals surface area (Å²) in [6, 6.07) is 14.5. The Labute approximate surface area is 278 Å². The van der Waals surface area contributed by atoms with Gasteiger partial charge in [-0.05, 0) is 80.0 Å². The number of fused-ring (bicyclic) bond motifs is 1. The Morgan fingerprint density at radius 1 is 0.787 bits per heavy atom. The van der Waals surface area contributed by atoms with Crippen LogP contribution in [0.15, 0.2) is 66.9 Å². The van der Waals surface area contributed by atoms with Crippen LogP contribution >= 0.6 is 12.6 Å². The molecule has 0 radical (unpaired) electrons. The van der Waals surface area contributed by atoms with Gasteiger partial charge in [0.15, 0.2) is 23.1 Å². The van der Waals surface area contributed by atoms with Crippen molar-refractivity contribution in [3.8, 4) is 23.0 Å². The first kappa shape index (κ1) is 34.0. The number of nitrogens with zero attached hydrogens (tertiary/aromatic N) is 1. The second-order valence-electron chi connectivity index (χ2n) is 11.6. The van der Waals surface area contributed by atoms with E-state index in [1.807, 2.05) is 0 Å². The SMILES string of the molecule is COc1cc2c(Oc3ccc(NC(=O)C4(C(=O)Nc5ccc(F)cc5)CC4)cc3F)ccnc2cc1OCCCCCCCCCS. The second kappa shape index (κ2) is 15.9. The molecule has 0 aliphatic heterocycles. The summed E-state index contributed by atoms with van der Waals surface area (Å²) in [6.45, 7) is 0.558. The number of benzene rings is 3. The van der Waals surface area contributed by atoms with Crippen LogP contribution in [0.4, 0.5) is 20.2 Å². The first-order valence-electron chi connectivity index (χ1n) is 15.9. The fourth-order valence-electron chi connectivity index (χ4n) is 5.27. The molecule has 0 spiro atoms. The number of pyridine rings is 1. The van der Waals surface area contributed by atoms with E-state index in [0.29, 0.717) is 53.3 Å². The van der Waals surface area contributed by atoms with Gasteiger partial charge in [0, 0.05) is 35.1 Å². The van der Waals surface area contributed by atoms with Crippen LogP contribution in [0.5, 0.6) is 23.0 Å². The lowest BCUT2D eigenvalue weighted by atomic mass is 10.0. The van der Waals surface area contributed by atoms with E-state index in [1.165, 1.54) is 68.5 Å². The molecule has 1 aliphatic rings. The highest BCUT2D eigenvalue weighted by molar-refractivity contribution is 7.80. The highest BCUT2D eigenvalue weighted by atomic mass is 32.1. The number of hydrogen-bond donors (Lipinski definition) is 3. The number of methoxy groups -OCH3 is 1. The number of amides is 2. The van der Waals surface area contributed by atoms with Crippen molar-refractivity contribution in [2.45, 2.75) is 57.8 Å². The van der Waals surface area contributed by atoms with Gasteiger partial charge in [-0.15, -0.1) is 0 Å². The first-order chi connectivity index (χ1) is 22.8. The standard InChI is InChI=1S/C36H39F2N3O5S/c1-44-32-22-27-29(23-33(32)45-19-7-5-3-2-4-6-8-20-47)39-18-15-30(27)46-31-14-13-26(21-28(31)38)41-35(43)36(16-17-36)34(42)40-25-11-9-24(37)10-12-25/h9-15,18,21-23,47H,2-8,16-17,19-20H2,1H3,(H,40,42)(H,41,43). The zero-order valence-corrected chi connectivity index (χ0v) is 27.2. The maximum atomic E-state index is 15.2. The summed E-state index contributed by atoms with van der Waals surface area (Å²) in [5.41, 5.74) is -0.119. The average molecular weight is 664 g/mol. The number of hydrogen-bond acceptors (Lipinski definition) is 7. The molecule has 1 heterocycles. The molecule has 0 saturated heterocycles. The molecule has 1 aliphatic carbocycles. The predicted molar refractivity (Wildman–Crippen MR) is 182 cm³/mol. The Kier molecular flexibility index (Phi) is 11.5. The van der Waals surface area contributed by atoms with E-state index in [1.54, 1.807) is 31.5 Å². The molecular formula is C36H39F2N3O5S. The minimum absolute atomic E-state index is 0.0596. The maximum Gasteiger partial charge on any atom is 0.240 e. The van der Waals surface area contributed by atoms with Crippen LogP contribution < -0.4 is 24.8 Å². The summed E-state index contributed by atoms with van der Waals surface area (Å²) >= 11 is 4.25. The molecule has 8 nitrogen and oxygen atoms in total. The lowest BCUT2D eigenvalue weighted by molar-refractivity contribution is -0.131. The number of nitrogens with one attached hydrogen (secondary N) is 2. The molecule has 4 aromatic rings. The molecule has 2 N–H and O–H groups in total. The number of carbonyl (C=O) groups is 2. The third kappa shape index (κ3) is 8.71. The molecule has 2 amide bonds. The minimum Gasteiger partial charge on any atom is -0.493 e. The summed E-state index contributed by atoms with van der Waals surface area (Å²) < 4.78 is 46.0. The summed E-state index contributed by atoms with van der Waals surface area (Å²) in [5, 5.41) is 5.90. The predicted octanol–water partition coefficient (Wildman–Crippen LogP) is 8.71. The minimum atomic E-state index is -1.27. The molecule has 1 fully saturated rings. The molecule has 248 valence electrons. The lowest BCUT2D eigenvalue weighted by Gasteiger charge is -2.16. The van der Waals surface area contributed by atoms with Crippen molar-refractivity contribution in [1.29, 1.82) is 0 Å². The van der Waals surface area contributed by atoms with Crippen molar-refractivity contribution in [2.24, 2.45) is 5.41 Å². The molecule has 0 bridgehead atoms. The first-order valence-corrected chi connectivity index (χ1v) is 16.5. The van der Waals surface area contributed by atoms with Crippen molar-refractivity contribution in [3.63, 3.8) is 0 Å². The molecule has 5 rings (SSSR count). The van der Waals surface area contributed by atoms with Crippen LogP contribution in [0, 0.1) is 17.0 Å². The van der Waals surface area contributed by atoms with Gasteiger partial charge >= 0.3 is 0 Å². The van der Waals surface area contributed by atoms with E-state index in [4.69, 9.17) is 14.2 Å². The largest absolute Gasteiger partial charge is 0.493 e. The van der Waals surface area contributed by atoms with E-state index in [0.717, 1.165) is 24.7 Å². The molecule has 0 atom stereocenters. The maximum absolute atomic E-state index is 15.2. The van der Waals surface area contributed by atoms with Crippen LogP contribution in [0.1, 0.15) is 57.8 Å². The Balaban J connectivity index is 1.20. The summed E-state index contributed by atoms with van der Waals surface area (Å²) in [6.07, 6.45) is 10.3. The van der Waals surface area contributed by atoms with Gasteiger partial charge < -0.3 is 24.8 Å². The summed E-state index contributed by atoms with van der Waals surface area (Å²) in [4.78, 5) is 30.3. The fourth-order valence-corrected chi connectivity index (χ4v) is 5.49. The van der Waals surface area contributed by atoms with Gasteiger partial charge in [0.05, 0.1) is 19.2 Å². The topological polar surface area (TPSA) is 98.8 Å². The van der Waals surface area contributed by atoms with Gasteiger partial charge in [-0.1, -0.05) is 32.1 Å². The number of rotatable bonds is 17. The monoisotopic (exact) mass is 663 g/mol. The van der Waals surface area contributed by atoms with Crippen molar-refractivity contribution < 1.29 is 32.6 Å². The van der Waals surface area contributed by atoms with Crippen LogP contribution in [0.3, 0.4) is 0 Å². The van der Waals surface area contributed by atoms with Gasteiger partial charge in [-0.25, -0.2) is 8.78 Å². The van der Waals surface area contributed by atoms with Gasteiger partial charge in [-0.3, -0.25) is 14.6 Å². The third-order valence-electron chi connectivity index (χ3n) is 8.18. The van der Waals surface area contributed by atoms with Crippen molar-refractivity contribution in [2.75, 3.05) is 30.1 Å². The van der Waals surface area contributed by atoms with Crippen molar-refractivity contribution >= 4 is 46.7 Å². The molecule has 0 unspecified atom stereocenters. The van der Waals surface area contributed by atoms with E-state index < -0.39 is 28.9 Å². The van der Waals surface area contributed by atoms with E-state index in [9.17, 15) is 14.0 Å². The quantitative estimate of drug-likeness (QED) is 0.0594. The molecule has 3 aromatic carbocycles. The van der Waals surface area contributed by atoms with E-state index in [2.05, 4.69) is 28.2 Å². The number of unbranched alkanes of at least 4 members (excludes halogenated alkanes) is 6. The van der Waals surface area contributed by atoms with Crippen LogP contribution in [0.25, 0.3) is 10.9 Å². The highest BCUT2D eigenvalue weighted by Gasteiger charge is 2.56. The summed E-state index contributed by atoms with van der Waals surface area (Å²) in [5.74, 6) is 0.150. The fraction of sp³-hybridized carbons (Fsp3) is 0.361. The molecule has 1 aromatic heterocycles. The Morgan fingerprint density at radius 3 is 2.11 bits per heavy atom. The van der Waals surface area contributed by atoms with Crippen LogP contribution in [-0.4, -0.2) is 36.3 Å².